The summed E-state index contributed by atoms with van der Waals surface area (Å²) in [5.74, 6) is 2.47. The number of hydrogen-bond donors (Lipinski definition) is 1. The smallest absolute Gasteiger partial charge is 0.243 e. The molecule has 0 aromatic rings. The first-order valence-corrected chi connectivity index (χ1v) is 10.2. The molecule has 1 heterocycles. The number of hydrogen-bond acceptors (Lipinski definition) is 2. The number of ether oxygens (including phenoxy) is 1. The second-order valence-corrected chi connectivity index (χ2v) is 9.66. The summed E-state index contributed by atoms with van der Waals surface area (Å²) >= 11 is 0. The Morgan fingerprint density at radius 2 is 1.88 bits per heavy atom. The van der Waals surface area contributed by atoms with E-state index in [1.54, 1.807) is 6.08 Å². The molecule has 0 spiro atoms. The molecule has 0 bridgehead atoms. The zero-order valence-electron chi connectivity index (χ0n) is 15.1. The highest BCUT2D eigenvalue weighted by molar-refractivity contribution is 5.89. The number of fused-ring (bicyclic) bond motifs is 5. The molecule has 0 radical (unpaired) electrons. The van der Waals surface area contributed by atoms with Crippen molar-refractivity contribution >= 4 is 5.91 Å². The van der Waals surface area contributed by atoms with Crippen LogP contribution in [-0.4, -0.2) is 24.2 Å². The standard InChI is InChI=1S/C21H31NO2/c1-20-12-10-19(23)22-17(20)7-5-14-15-6-8-18(24-13-3-4-13)21(15,2)11-9-16(14)20/h10,12-18H,3-9,11H2,1-2H3,(H,22,23). The van der Waals surface area contributed by atoms with Gasteiger partial charge >= 0.3 is 0 Å². The molecule has 0 aromatic heterocycles. The molecule has 1 amide bonds. The fourth-order valence-electron chi connectivity index (χ4n) is 6.95. The number of rotatable bonds is 2. The van der Waals surface area contributed by atoms with Crippen LogP contribution in [0, 0.1) is 28.6 Å². The molecule has 1 N–H and O–H groups in total. The van der Waals surface area contributed by atoms with E-state index < -0.39 is 0 Å². The Kier molecular flexibility index (Phi) is 3.27. The molecule has 4 fully saturated rings. The number of amides is 1. The molecule has 24 heavy (non-hydrogen) atoms. The first-order chi connectivity index (χ1) is 11.5. The average molecular weight is 329 g/mol. The minimum Gasteiger partial charge on any atom is -0.374 e. The maximum atomic E-state index is 11.8. The van der Waals surface area contributed by atoms with Gasteiger partial charge in [-0.05, 0) is 80.6 Å². The van der Waals surface area contributed by atoms with E-state index in [0.717, 1.165) is 24.2 Å². The van der Waals surface area contributed by atoms with Crippen LogP contribution in [0.1, 0.15) is 65.2 Å². The Labute approximate surface area is 145 Å². The zero-order chi connectivity index (χ0) is 16.5. The summed E-state index contributed by atoms with van der Waals surface area (Å²) < 4.78 is 6.45. The topological polar surface area (TPSA) is 38.3 Å². The third kappa shape index (κ3) is 2.09. The van der Waals surface area contributed by atoms with Crippen molar-refractivity contribution in [2.24, 2.45) is 28.6 Å². The van der Waals surface area contributed by atoms with Crippen LogP contribution >= 0.6 is 0 Å². The lowest BCUT2D eigenvalue weighted by molar-refractivity contribution is -0.125. The van der Waals surface area contributed by atoms with Gasteiger partial charge in [0.2, 0.25) is 5.91 Å². The summed E-state index contributed by atoms with van der Waals surface area (Å²) in [6.07, 6.45) is 15.4. The average Bonchev–Trinajstić information content (AvgIpc) is 3.31. The van der Waals surface area contributed by atoms with Gasteiger partial charge in [0.1, 0.15) is 0 Å². The van der Waals surface area contributed by atoms with Crippen molar-refractivity contribution < 1.29 is 9.53 Å². The largest absolute Gasteiger partial charge is 0.374 e. The lowest BCUT2D eigenvalue weighted by Gasteiger charge is -2.58. The first-order valence-electron chi connectivity index (χ1n) is 10.2. The quantitative estimate of drug-likeness (QED) is 0.836. The van der Waals surface area contributed by atoms with Crippen molar-refractivity contribution in [1.82, 2.24) is 5.32 Å². The fraction of sp³-hybridized carbons (Fsp3) is 0.857. The van der Waals surface area contributed by atoms with Crippen LogP contribution < -0.4 is 5.32 Å². The second-order valence-electron chi connectivity index (χ2n) is 9.66. The van der Waals surface area contributed by atoms with Crippen LogP contribution in [0.15, 0.2) is 12.2 Å². The summed E-state index contributed by atoms with van der Waals surface area (Å²) in [7, 11) is 0. The summed E-state index contributed by atoms with van der Waals surface area (Å²) in [5.41, 5.74) is 0.558. The molecule has 5 aliphatic rings. The van der Waals surface area contributed by atoms with E-state index in [9.17, 15) is 4.79 Å². The molecule has 0 aromatic carbocycles. The van der Waals surface area contributed by atoms with E-state index in [4.69, 9.17) is 4.74 Å². The predicted molar refractivity (Wildman–Crippen MR) is 93.4 cm³/mol. The number of carbonyl (C=O) groups is 1. The SMILES string of the molecule is CC12C=CC(=O)NC1CCC1C2CCC2(C)C(OC3CC3)CCC12. The van der Waals surface area contributed by atoms with E-state index in [1.807, 2.05) is 0 Å². The van der Waals surface area contributed by atoms with Crippen LogP contribution in [0.4, 0.5) is 0 Å². The van der Waals surface area contributed by atoms with Crippen LogP contribution in [-0.2, 0) is 9.53 Å². The third-order valence-corrected chi connectivity index (χ3v) is 8.48. The van der Waals surface area contributed by atoms with E-state index in [1.165, 1.54) is 44.9 Å². The number of carbonyl (C=O) groups excluding carboxylic acids is 1. The number of nitrogens with one attached hydrogen (secondary N) is 1. The van der Waals surface area contributed by atoms with Gasteiger partial charge in [0.15, 0.2) is 0 Å². The lowest BCUT2D eigenvalue weighted by atomic mass is 9.48. The highest BCUT2D eigenvalue weighted by Gasteiger charge is 2.60. The first kappa shape index (κ1) is 15.4. The van der Waals surface area contributed by atoms with Crippen LogP contribution in [0.2, 0.25) is 0 Å². The molecule has 3 heteroatoms. The van der Waals surface area contributed by atoms with Crippen molar-refractivity contribution in [3.8, 4) is 0 Å². The predicted octanol–water partition coefficient (Wildman–Crippen LogP) is 3.83. The normalized spacial score (nSPS) is 53.1. The Morgan fingerprint density at radius 1 is 1.04 bits per heavy atom. The Hall–Kier alpha value is -0.830. The van der Waals surface area contributed by atoms with Crippen LogP contribution in [0.5, 0.6) is 0 Å². The third-order valence-electron chi connectivity index (χ3n) is 8.48. The van der Waals surface area contributed by atoms with Gasteiger partial charge in [-0.25, -0.2) is 0 Å². The highest BCUT2D eigenvalue weighted by atomic mass is 16.5. The van der Waals surface area contributed by atoms with Gasteiger partial charge in [0.25, 0.3) is 0 Å². The molecular formula is C21H31NO2. The molecule has 1 aliphatic heterocycles. The minimum absolute atomic E-state index is 0.107. The van der Waals surface area contributed by atoms with Crippen molar-refractivity contribution in [3.05, 3.63) is 12.2 Å². The summed E-state index contributed by atoms with van der Waals surface area (Å²) in [5, 5.41) is 3.25. The van der Waals surface area contributed by atoms with Gasteiger partial charge in [-0.2, -0.15) is 0 Å². The summed E-state index contributed by atoms with van der Waals surface area (Å²) in [6.45, 7) is 4.93. The van der Waals surface area contributed by atoms with Crippen molar-refractivity contribution in [3.63, 3.8) is 0 Å². The van der Waals surface area contributed by atoms with Crippen LogP contribution in [0.25, 0.3) is 0 Å². The van der Waals surface area contributed by atoms with E-state index in [0.29, 0.717) is 23.7 Å². The van der Waals surface area contributed by atoms with Gasteiger partial charge in [-0.15, -0.1) is 0 Å². The maximum Gasteiger partial charge on any atom is 0.243 e. The van der Waals surface area contributed by atoms with Gasteiger partial charge < -0.3 is 10.1 Å². The summed E-state index contributed by atoms with van der Waals surface area (Å²) in [4.78, 5) is 11.8. The maximum absolute atomic E-state index is 11.8. The van der Waals surface area contributed by atoms with E-state index >= 15 is 0 Å². The molecular weight excluding hydrogens is 298 g/mol. The van der Waals surface area contributed by atoms with Crippen LogP contribution in [0.3, 0.4) is 0 Å². The molecule has 4 saturated carbocycles. The van der Waals surface area contributed by atoms with Crippen molar-refractivity contribution in [2.45, 2.75) is 83.5 Å². The molecule has 7 unspecified atom stereocenters. The van der Waals surface area contributed by atoms with Crippen molar-refractivity contribution in [1.29, 1.82) is 0 Å². The molecule has 132 valence electrons. The van der Waals surface area contributed by atoms with Gasteiger partial charge in [0, 0.05) is 11.5 Å². The van der Waals surface area contributed by atoms with Crippen molar-refractivity contribution in [2.75, 3.05) is 0 Å². The second kappa shape index (κ2) is 5.09. The van der Waals surface area contributed by atoms with E-state index in [2.05, 4.69) is 25.2 Å². The Morgan fingerprint density at radius 3 is 2.67 bits per heavy atom. The molecule has 7 atom stereocenters. The lowest BCUT2D eigenvalue weighted by Crippen LogP contribution is -2.59. The van der Waals surface area contributed by atoms with Gasteiger partial charge in [-0.1, -0.05) is 19.9 Å². The Balaban J connectivity index is 1.42. The fourth-order valence-corrected chi connectivity index (χ4v) is 6.95. The zero-order valence-corrected chi connectivity index (χ0v) is 15.1. The highest BCUT2D eigenvalue weighted by Crippen LogP contribution is 2.64. The van der Waals surface area contributed by atoms with E-state index in [-0.39, 0.29) is 11.3 Å². The Bertz CT molecular complexity index is 582. The minimum atomic E-state index is 0.107. The van der Waals surface area contributed by atoms with Gasteiger partial charge in [-0.3, -0.25) is 4.79 Å². The van der Waals surface area contributed by atoms with Gasteiger partial charge in [0.05, 0.1) is 12.2 Å². The molecule has 0 saturated heterocycles. The molecule has 5 rings (SSSR count). The monoisotopic (exact) mass is 329 g/mol. The molecule has 3 nitrogen and oxygen atoms in total. The molecule has 4 aliphatic carbocycles. The summed E-state index contributed by atoms with van der Waals surface area (Å²) in [6, 6.07) is 0.348.